The minimum absolute atomic E-state index is 0.0911. The van der Waals surface area contributed by atoms with Gasteiger partial charge >= 0.3 is 0 Å². The number of hydrogen-bond acceptors (Lipinski definition) is 7. The highest BCUT2D eigenvalue weighted by atomic mass is 32.1. The topological polar surface area (TPSA) is 109 Å². The molecule has 2 aliphatic rings. The van der Waals surface area contributed by atoms with Gasteiger partial charge in [0.15, 0.2) is 10.8 Å². The first-order valence-corrected chi connectivity index (χ1v) is 12.2. The molecule has 5 rings (SSSR count). The summed E-state index contributed by atoms with van der Waals surface area (Å²) in [5.74, 6) is -0.917. The quantitative estimate of drug-likeness (QED) is 0.556. The van der Waals surface area contributed by atoms with Crippen molar-refractivity contribution in [1.29, 1.82) is 0 Å². The van der Waals surface area contributed by atoms with Gasteiger partial charge in [-0.05, 0) is 50.3 Å². The van der Waals surface area contributed by atoms with Crippen molar-refractivity contribution in [2.75, 3.05) is 23.3 Å². The van der Waals surface area contributed by atoms with Crippen LogP contribution in [0, 0.1) is 18.7 Å². The van der Waals surface area contributed by atoms with Crippen LogP contribution in [0.15, 0.2) is 29.3 Å². The van der Waals surface area contributed by atoms with E-state index in [1.807, 2.05) is 4.90 Å². The van der Waals surface area contributed by atoms with E-state index in [-0.39, 0.29) is 23.9 Å². The van der Waals surface area contributed by atoms with E-state index in [9.17, 15) is 18.8 Å². The Kier molecular flexibility index (Phi) is 6.03. The molecule has 3 aromatic rings. The van der Waals surface area contributed by atoms with Crippen LogP contribution < -0.4 is 21.1 Å². The Morgan fingerprint density at radius 3 is 2.88 bits per heavy atom. The Labute approximate surface area is 199 Å². The number of amides is 2. The first-order valence-electron chi connectivity index (χ1n) is 11.3. The third-order valence-corrected chi connectivity index (χ3v) is 7.24. The highest BCUT2D eigenvalue weighted by Crippen LogP contribution is 2.30. The lowest BCUT2D eigenvalue weighted by Crippen LogP contribution is -2.43. The van der Waals surface area contributed by atoms with Gasteiger partial charge < -0.3 is 15.5 Å². The van der Waals surface area contributed by atoms with Gasteiger partial charge in [-0.1, -0.05) is 17.4 Å². The molecule has 0 spiro atoms. The minimum Gasteiger partial charge on any atom is -0.353 e. The molecule has 178 valence electrons. The van der Waals surface area contributed by atoms with E-state index in [2.05, 4.69) is 20.6 Å². The molecule has 1 aliphatic carbocycles. The van der Waals surface area contributed by atoms with Crippen molar-refractivity contribution in [2.45, 2.75) is 45.2 Å². The lowest BCUT2D eigenvalue weighted by Gasteiger charge is -2.31. The van der Waals surface area contributed by atoms with E-state index in [1.54, 1.807) is 13.0 Å². The van der Waals surface area contributed by atoms with Gasteiger partial charge in [-0.25, -0.2) is 9.37 Å². The fourth-order valence-corrected chi connectivity index (χ4v) is 5.07. The zero-order valence-electron chi connectivity index (χ0n) is 18.7. The van der Waals surface area contributed by atoms with Crippen molar-refractivity contribution in [3.05, 3.63) is 46.3 Å². The van der Waals surface area contributed by atoms with Crippen molar-refractivity contribution in [3.8, 4) is 0 Å². The Morgan fingerprint density at radius 1 is 1.26 bits per heavy atom. The molecule has 1 aromatic carbocycles. The van der Waals surface area contributed by atoms with Crippen LogP contribution in [0.4, 0.5) is 15.2 Å². The molecular formula is C23H25FN6O3S. The van der Waals surface area contributed by atoms with Crippen LogP contribution in [0.5, 0.6) is 0 Å². The van der Waals surface area contributed by atoms with E-state index in [0.717, 1.165) is 32.2 Å². The Morgan fingerprint density at radius 2 is 2.09 bits per heavy atom. The molecule has 11 heteroatoms. The number of nitrogens with zero attached hydrogens (tertiary/aromatic N) is 4. The number of piperidine rings is 1. The summed E-state index contributed by atoms with van der Waals surface area (Å²) in [5.41, 5.74) is 1.04. The van der Waals surface area contributed by atoms with E-state index in [1.165, 1.54) is 34.4 Å². The van der Waals surface area contributed by atoms with Gasteiger partial charge in [0, 0.05) is 24.8 Å². The number of aryl methyl sites for hydroxylation is 1. The van der Waals surface area contributed by atoms with Crippen LogP contribution in [0.25, 0.3) is 10.3 Å². The number of carbonyl (C=O) groups is 2. The Balaban J connectivity index is 1.31. The number of halogens is 1. The SMILES string of the molecule is Cc1ccc(F)cc1NC(=O)Cn1cnc2nc(N3CCC[C@H](C(=O)NC4CC4)C3)sc2c1=O. The molecule has 2 fully saturated rings. The predicted molar refractivity (Wildman–Crippen MR) is 128 cm³/mol. The molecule has 1 saturated carbocycles. The van der Waals surface area contributed by atoms with E-state index in [4.69, 9.17) is 0 Å². The van der Waals surface area contributed by atoms with Crippen LogP contribution >= 0.6 is 11.3 Å². The molecular weight excluding hydrogens is 459 g/mol. The van der Waals surface area contributed by atoms with Crippen LogP contribution in [-0.4, -0.2) is 45.5 Å². The molecule has 1 atom stereocenters. The molecule has 0 bridgehead atoms. The second kappa shape index (κ2) is 9.13. The number of thiazole rings is 1. The normalized spacial score (nSPS) is 18.2. The van der Waals surface area contributed by atoms with Gasteiger partial charge in [0.1, 0.15) is 23.4 Å². The van der Waals surface area contributed by atoms with Gasteiger partial charge in [0.25, 0.3) is 5.56 Å². The fourth-order valence-electron chi connectivity index (χ4n) is 4.07. The largest absolute Gasteiger partial charge is 0.353 e. The zero-order chi connectivity index (χ0) is 23.8. The summed E-state index contributed by atoms with van der Waals surface area (Å²) in [7, 11) is 0. The standard InChI is InChI=1S/C23H25FN6O3S/c1-13-4-5-15(24)9-17(13)27-18(31)11-30-12-25-20-19(22(30)33)34-23(28-20)29-8-2-3-14(10-29)21(32)26-16-6-7-16/h4-5,9,12,14,16H,2-3,6-8,10-11H2,1H3,(H,26,32)(H,27,31)/t14-/m0/s1. The van der Waals surface area contributed by atoms with Gasteiger partial charge in [0.2, 0.25) is 11.8 Å². The van der Waals surface area contributed by atoms with Gasteiger partial charge in [-0.15, -0.1) is 0 Å². The molecule has 34 heavy (non-hydrogen) atoms. The summed E-state index contributed by atoms with van der Waals surface area (Å²) in [6, 6.07) is 4.46. The lowest BCUT2D eigenvalue weighted by molar-refractivity contribution is -0.125. The summed E-state index contributed by atoms with van der Waals surface area (Å²) < 4.78 is 15.1. The zero-order valence-corrected chi connectivity index (χ0v) is 19.5. The maximum atomic E-state index is 13.5. The lowest BCUT2D eigenvalue weighted by atomic mass is 9.97. The molecule has 3 heterocycles. The number of aromatic nitrogens is 3. The average Bonchev–Trinajstić information content (AvgIpc) is 3.52. The first kappa shape index (κ1) is 22.5. The van der Waals surface area contributed by atoms with Crippen molar-refractivity contribution >= 4 is 44.3 Å². The second-order valence-corrected chi connectivity index (χ2v) is 9.88. The number of nitrogens with one attached hydrogen (secondary N) is 2. The van der Waals surface area contributed by atoms with Gasteiger partial charge in [-0.2, -0.15) is 4.98 Å². The van der Waals surface area contributed by atoms with Gasteiger partial charge in [-0.3, -0.25) is 19.0 Å². The third-order valence-electron chi connectivity index (χ3n) is 6.15. The number of benzene rings is 1. The van der Waals surface area contributed by atoms with Crippen LogP contribution in [0.3, 0.4) is 0 Å². The molecule has 2 aromatic heterocycles. The highest BCUT2D eigenvalue weighted by Gasteiger charge is 2.31. The summed E-state index contributed by atoms with van der Waals surface area (Å²) in [4.78, 5) is 48.8. The number of hydrogen-bond donors (Lipinski definition) is 2. The molecule has 0 unspecified atom stereocenters. The molecule has 1 saturated heterocycles. The molecule has 2 N–H and O–H groups in total. The number of anilines is 2. The van der Waals surface area contributed by atoms with E-state index < -0.39 is 11.7 Å². The highest BCUT2D eigenvalue weighted by molar-refractivity contribution is 7.22. The van der Waals surface area contributed by atoms with Crippen molar-refractivity contribution in [3.63, 3.8) is 0 Å². The minimum atomic E-state index is -0.456. The summed E-state index contributed by atoms with van der Waals surface area (Å²) in [6.45, 7) is 2.82. The van der Waals surface area contributed by atoms with Crippen LogP contribution in [0.1, 0.15) is 31.2 Å². The second-order valence-electron chi connectivity index (χ2n) is 8.90. The van der Waals surface area contributed by atoms with Gasteiger partial charge in [0.05, 0.1) is 5.92 Å². The van der Waals surface area contributed by atoms with Crippen LogP contribution in [0.2, 0.25) is 0 Å². The van der Waals surface area contributed by atoms with Crippen molar-refractivity contribution in [2.24, 2.45) is 5.92 Å². The van der Waals surface area contributed by atoms with Crippen LogP contribution in [-0.2, 0) is 16.1 Å². The van der Waals surface area contributed by atoms with E-state index in [0.29, 0.717) is 39.3 Å². The smallest absolute Gasteiger partial charge is 0.273 e. The first-order chi connectivity index (χ1) is 16.4. The molecule has 2 amide bonds. The summed E-state index contributed by atoms with van der Waals surface area (Å²) in [6.07, 6.45) is 5.12. The fraction of sp³-hybridized carbons (Fsp3) is 0.435. The molecule has 1 aliphatic heterocycles. The monoisotopic (exact) mass is 484 g/mol. The maximum absolute atomic E-state index is 13.5. The predicted octanol–water partition coefficient (Wildman–Crippen LogP) is 2.43. The third kappa shape index (κ3) is 4.79. The summed E-state index contributed by atoms with van der Waals surface area (Å²) >= 11 is 1.23. The molecule has 9 nitrogen and oxygen atoms in total. The van der Waals surface area contributed by atoms with Crippen molar-refractivity contribution < 1.29 is 14.0 Å². The van der Waals surface area contributed by atoms with Crippen molar-refractivity contribution in [1.82, 2.24) is 19.9 Å². The number of rotatable bonds is 6. The maximum Gasteiger partial charge on any atom is 0.273 e. The number of carbonyl (C=O) groups excluding carboxylic acids is 2. The summed E-state index contributed by atoms with van der Waals surface area (Å²) in [5, 5.41) is 6.37. The Hall–Kier alpha value is -3.34. The Bertz CT molecular complexity index is 1320. The molecule has 0 radical (unpaired) electrons. The number of fused-ring (bicyclic) bond motifs is 1. The average molecular weight is 485 g/mol. The van der Waals surface area contributed by atoms with E-state index >= 15 is 0 Å².